The van der Waals surface area contributed by atoms with Gasteiger partial charge in [-0.2, -0.15) is 10.1 Å². The van der Waals surface area contributed by atoms with Crippen molar-refractivity contribution < 1.29 is 4.79 Å². The van der Waals surface area contributed by atoms with E-state index in [1.807, 2.05) is 4.90 Å². The molecule has 114 valence electrons. The molecule has 0 aromatic carbocycles. The number of rotatable bonds is 2. The van der Waals surface area contributed by atoms with Gasteiger partial charge < -0.3 is 14.7 Å². The molecule has 3 heterocycles. The van der Waals surface area contributed by atoms with Crippen LogP contribution in [0.4, 0.5) is 11.8 Å². The molecule has 0 N–H and O–H groups in total. The topological polar surface area (TPSA) is 65.5 Å². The molecule has 7 heteroatoms. The molecule has 0 radical (unpaired) electrons. The predicted octanol–water partition coefficient (Wildman–Crippen LogP) is 0.530. The van der Waals surface area contributed by atoms with Crippen molar-refractivity contribution in [1.29, 1.82) is 0 Å². The Morgan fingerprint density at radius 2 is 1.71 bits per heavy atom. The molecule has 0 atom stereocenters. The van der Waals surface area contributed by atoms with E-state index >= 15 is 0 Å². The first-order valence-corrected chi connectivity index (χ1v) is 7.69. The highest BCUT2D eigenvalue weighted by molar-refractivity contribution is 5.73. The Morgan fingerprint density at radius 3 is 2.38 bits per heavy atom. The van der Waals surface area contributed by atoms with E-state index in [1.54, 1.807) is 13.1 Å². The normalized spacial score (nSPS) is 19.8. The number of carbonyl (C=O) groups excluding carboxylic acids is 1. The summed E-state index contributed by atoms with van der Waals surface area (Å²) in [6, 6.07) is 0. The number of carbonyl (C=O) groups is 1. The molecule has 2 fully saturated rings. The number of amides is 1. The molecule has 2 saturated heterocycles. The van der Waals surface area contributed by atoms with Gasteiger partial charge in [0.05, 0.1) is 6.20 Å². The average Bonchev–Trinajstić information content (AvgIpc) is 2.56. The van der Waals surface area contributed by atoms with E-state index in [4.69, 9.17) is 0 Å². The SMILES string of the molecule is CC(=O)N1CCN(c2cnnc(N3CCCCC3)n2)CC1. The third-order valence-electron chi connectivity index (χ3n) is 4.22. The van der Waals surface area contributed by atoms with Gasteiger partial charge in [0.25, 0.3) is 0 Å². The van der Waals surface area contributed by atoms with Crippen molar-refractivity contribution in [2.45, 2.75) is 26.2 Å². The zero-order valence-corrected chi connectivity index (χ0v) is 12.5. The van der Waals surface area contributed by atoms with E-state index < -0.39 is 0 Å². The maximum Gasteiger partial charge on any atom is 0.247 e. The number of aromatic nitrogens is 3. The van der Waals surface area contributed by atoms with Crippen LogP contribution >= 0.6 is 0 Å². The molecule has 1 aromatic heterocycles. The van der Waals surface area contributed by atoms with Crippen LogP contribution in [0.3, 0.4) is 0 Å². The first-order chi connectivity index (χ1) is 10.2. The lowest BCUT2D eigenvalue weighted by Crippen LogP contribution is -2.48. The Bertz CT molecular complexity index is 494. The summed E-state index contributed by atoms with van der Waals surface area (Å²) in [5.74, 6) is 1.75. The highest BCUT2D eigenvalue weighted by Crippen LogP contribution is 2.18. The Balaban J connectivity index is 1.67. The summed E-state index contributed by atoms with van der Waals surface area (Å²) in [7, 11) is 0. The van der Waals surface area contributed by atoms with Crippen molar-refractivity contribution in [3.05, 3.63) is 6.20 Å². The first-order valence-electron chi connectivity index (χ1n) is 7.69. The van der Waals surface area contributed by atoms with Gasteiger partial charge in [0, 0.05) is 46.2 Å². The van der Waals surface area contributed by atoms with Crippen molar-refractivity contribution in [3.63, 3.8) is 0 Å². The van der Waals surface area contributed by atoms with E-state index in [0.29, 0.717) is 0 Å². The molecular formula is C14H22N6O. The van der Waals surface area contributed by atoms with Gasteiger partial charge in [-0.25, -0.2) is 0 Å². The Morgan fingerprint density at radius 1 is 1.00 bits per heavy atom. The second kappa shape index (κ2) is 6.24. The van der Waals surface area contributed by atoms with Crippen molar-refractivity contribution >= 4 is 17.7 Å². The Labute approximate surface area is 125 Å². The average molecular weight is 290 g/mol. The van der Waals surface area contributed by atoms with E-state index in [2.05, 4.69) is 25.0 Å². The van der Waals surface area contributed by atoms with Gasteiger partial charge in [0.1, 0.15) is 0 Å². The van der Waals surface area contributed by atoms with Gasteiger partial charge in [0.15, 0.2) is 5.82 Å². The van der Waals surface area contributed by atoms with Crippen LogP contribution in [0.25, 0.3) is 0 Å². The predicted molar refractivity (Wildman–Crippen MR) is 80.4 cm³/mol. The van der Waals surface area contributed by atoms with Gasteiger partial charge in [-0.1, -0.05) is 0 Å². The number of hydrogen-bond donors (Lipinski definition) is 0. The quantitative estimate of drug-likeness (QED) is 0.791. The van der Waals surface area contributed by atoms with Crippen molar-refractivity contribution in [3.8, 4) is 0 Å². The lowest BCUT2D eigenvalue weighted by Gasteiger charge is -2.35. The summed E-state index contributed by atoms with van der Waals surface area (Å²) < 4.78 is 0. The van der Waals surface area contributed by atoms with E-state index in [0.717, 1.165) is 51.0 Å². The maximum absolute atomic E-state index is 11.4. The van der Waals surface area contributed by atoms with Crippen LogP contribution in [0.15, 0.2) is 6.20 Å². The van der Waals surface area contributed by atoms with Gasteiger partial charge in [0.2, 0.25) is 11.9 Å². The van der Waals surface area contributed by atoms with Gasteiger partial charge in [-0.05, 0) is 19.3 Å². The number of hydrogen-bond acceptors (Lipinski definition) is 6. The number of anilines is 2. The highest BCUT2D eigenvalue weighted by atomic mass is 16.2. The number of piperidine rings is 1. The monoisotopic (exact) mass is 290 g/mol. The fourth-order valence-corrected chi connectivity index (χ4v) is 2.92. The van der Waals surface area contributed by atoms with E-state index in [1.165, 1.54) is 19.3 Å². The molecule has 0 bridgehead atoms. The van der Waals surface area contributed by atoms with Crippen LogP contribution in [-0.2, 0) is 4.79 Å². The zero-order chi connectivity index (χ0) is 14.7. The van der Waals surface area contributed by atoms with Gasteiger partial charge in [-0.15, -0.1) is 5.10 Å². The third kappa shape index (κ3) is 3.22. The van der Waals surface area contributed by atoms with Crippen LogP contribution in [0.2, 0.25) is 0 Å². The Hall–Kier alpha value is -1.92. The molecular weight excluding hydrogens is 268 g/mol. The van der Waals surface area contributed by atoms with Crippen LogP contribution in [0.1, 0.15) is 26.2 Å². The summed E-state index contributed by atoms with van der Waals surface area (Å²) in [6.07, 6.45) is 5.41. The molecule has 0 saturated carbocycles. The van der Waals surface area contributed by atoms with Crippen molar-refractivity contribution in [1.82, 2.24) is 20.1 Å². The second-order valence-electron chi connectivity index (χ2n) is 5.66. The summed E-state index contributed by atoms with van der Waals surface area (Å²) in [5, 5.41) is 8.29. The molecule has 2 aliphatic rings. The molecule has 0 aliphatic carbocycles. The van der Waals surface area contributed by atoms with Crippen LogP contribution < -0.4 is 9.80 Å². The second-order valence-corrected chi connectivity index (χ2v) is 5.66. The van der Waals surface area contributed by atoms with Crippen molar-refractivity contribution in [2.75, 3.05) is 49.1 Å². The van der Waals surface area contributed by atoms with Gasteiger partial charge in [-0.3, -0.25) is 4.79 Å². The Kier molecular flexibility index (Phi) is 4.17. The fraction of sp³-hybridized carbons (Fsp3) is 0.714. The fourth-order valence-electron chi connectivity index (χ4n) is 2.92. The molecule has 0 spiro atoms. The lowest BCUT2D eigenvalue weighted by atomic mass is 10.1. The standard InChI is InChI=1S/C14H22N6O/c1-12(21)18-7-9-19(10-8-18)13-11-15-17-14(16-13)20-5-3-2-4-6-20/h11H,2-10H2,1H3. The van der Waals surface area contributed by atoms with E-state index in [9.17, 15) is 4.79 Å². The minimum absolute atomic E-state index is 0.143. The molecule has 1 amide bonds. The number of nitrogens with zero attached hydrogens (tertiary/aromatic N) is 6. The largest absolute Gasteiger partial charge is 0.352 e. The first kappa shape index (κ1) is 14.0. The molecule has 3 rings (SSSR count). The highest BCUT2D eigenvalue weighted by Gasteiger charge is 2.21. The summed E-state index contributed by atoms with van der Waals surface area (Å²) >= 11 is 0. The molecule has 2 aliphatic heterocycles. The van der Waals surface area contributed by atoms with Crippen LogP contribution in [-0.4, -0.2) is 65.3 Å². The molecule has 7 nitrogen and oxygen atoms in total. The van der Waals surface area contributed by atoms with E-state index in [-0.39, 0.29) is 5.91 Å². The molecule has 1 aromatic rings. The minimum atomic E-state index is 0.143. The van der Waals surface area contributed by atoms with Crippen LogP contribution in [0.5, 0.6) is 0 Å². The molecule has 0 unspecified atom stereocenters. The lowest BCUT2D eigenvalue weighted by molar-refractivity contribution is -0.129. The minimum Gasteiger partial charge on any atom is -0.352 e. The van der Waals surface area contributed by atoms with Crippen LogP contribution in [0, 0.1) is 0 Å². The summed E-state index contributed by atoms with van der Waals surface area (Å²) in [4.78, 5) is 22.3. The summed E-state index contributed by atoms with van der Waals surface area (Å²) in [6.45, 7) is 6.76. The molecule has 21 heavy (non-hydrogen) atoms. The van der Waals surface area contributed by atoms with Gasteiger partial charge >= 0.3 is 0 Å². The zero-order valence-electron chi connectivity index (χ0n) is 12.5. The maximum atomic E-state index is 11.4. The smallest absolute Gasteiger partial charge is 0.247 e. The van der Waals surface area contributed by atoms with Crippen molar-refractivity contribution in [2.24, 2.45) is 0 Å². The third-order valence-corrected chi connectivity index (χ3v) is 4.22. The number of piperazine rings is 1. The summed E-state index contributed by atoms with van der Waals surface area (Å²) in [5.41, 5.74) is 0.